The maximum atomic E-state index is 13.9. The molecule has 4 aromatic rings. The number of benzene rings is 3. The zero-order valence-corrected chi connectivity index (χ0v) is 15.3. The van der Waals surface area contributed by atoms with Gasteiger partial charge in [-0.2, -0.15) is 0 Å². The summed E-state index contributed by atoms with van der Waals surface area (Å²) in [6.45, 7) is 0. The van der Waals surface area contributed by atoms with Crippen molar-refractivity contribution in [2.24, 2.45) is 0 Å². The summed E-state index contributed by atoms with van der Waals surface area (Å²) in [6, 6.07) is 22.7. The zero-order valence-electron chi connectivity index (χ0n) is 15.3. The maximum absolute atomic E-state index is 13.9. The van der Waals surface area contributed by atoms with Crippen LogP contribution in [-0.4, -0.2) is 10.5 Å². The molecule has 0 spiro atoms. The Kier molecular flexibility index (Phi) is 4.02. The number of ether oxygens (including phenoxy) is 1. The molecule has 2 heterocycles. The van der Waals surface area contributed by atoms with Crippen molar-refractivity contribution in [2.45, 2.75) is 12.3 Å². The van der Waals surface area contributed by atoms with E-state index in [2.05, 4.69) is 0 Å². The number of carbonyl (C=O) groups excluding carboxylic acids is 1. The van der Waals surface area contributed by atoms with E-state index in [9.17, 15) is 14.0 Å². The van der Waals surface area contributed by atoms with E-state index >= 15 is 0 Å². The van der Waals surface area contributed by atoms with Crippen molar-refractivity contribution in [3.8, 4) is 11.4 Å². The molecule has 0 amide bonds. The molecule has 5 heteroatoms. The second-order valence-corrected chi connectivity index (χ2v) is 7.02. The van der Waals surface area contributed by atoms with Crippen molar-refractivity contribution in [1.29, 1.82) is 0 Å². The topological polar surface area (TPSA) is 48.3 Å². The van der Waals surface area contributed by atoms with Gasteiger partial charge in [0.2, 0.25) is 0 Å². The molecule has 5 rings (SSSR count). The molecular formula is C24H16FNO3. The van der Waals surface area contributed by atoms with Crippen LogP contribution < -0.4 is 10.3 Å². The first-order valence-electron chi connectivity index (χ1n) is 9.32. The lowest BCUT2D eigenvalue weighted by Crippen LogP contribution is -2.32. The first-order chi connectivity index (χ1) is 14.1. The molecule has 1 atom stereocenters. The SMILES string of the molecule is O=C1CC(c2cccc(F)c2)c2c(c3ccccc3n(-c3ccccc3)c2=O)O1. The van der Waals surface area contributed by atoms with Gasteiger partial charge in [0.05, 0.1) is 17.5 Å². The second kappa shape index (κ2) is 6.71. The summed E-state index contributed by atoms with van der Waals surface area (Å²) in [4.78, 5) is 26.1. The average molecular weight is 385 g/mol. The average Bonchev–Trinajstić information content (AvgIpc) is 2.74. The van der Waals surface area contributed by atoms with Gasteiger partial charge in [0.1, 0.15) is 11.6 Å². The van der Waals surface area contributed by atoms with Crippen LogP contribution in [0.15, 0.2) is 83.7 Å². The van der Waals surface area contributed by atoms with Gasteiger partial charge in [-0.1, -0.05) is 42.5 Å². The molecule has 1 aliphatic rings. The van der Waals surface area contributed by atoms with E-state index in [0.29, 0.717) is 27.7 Å². The molecule has 0 fully saturated rings. The molecule has 1 aliphatic heterocycles. The summed E-state index contributed by atoms with van der Waals surface area (Å²) in [5, 5.41) is 0.667. The standard InChI is InChI=1S/C24H16FNO3/c25-16-8-6-7-15(13-16)19-14-21(27)29-23-18-11-4-5-12-20(18)26(24(28)22(19)23)17-9-2-1-3-10-17/h1-13,19H,14H2. The summed E-state index contributed by atoms with van der Waals surface area (Å²) < 4.78 is 21.1. The second-order valence-electron chi connectivity index (χ2n) is 7.02. The van der Waals surface area contributed by atoms with E-state index in [1.54, 1.807) is 16.7 Å². The first kappa shape index (κ1) is 17.4. The van der Waals surface area contributed by atoms with Crippen molar-refractivity contribution in [1.82, 2.24) is 4.57 Å². The largest absolute Gasteiger partial charge is 0.425 e. The number of rotatable bonds is 2. The summed E-state index contributed by atoms with van der Waals surface area (Å²) >= 11 is 0. The number of carbonyl (C=O) groups is 1. The van der Waals surface area contributed by atoms with Gasteiger partial charge in [-0.3, -0.25) is 14.2 Å². The van der Waals surface area contributed by atoms with Crippen LogP contribution in [0.1, 0.15) is 23.5 Å². The number of pyridine rings is 1. The van der Waals surface area contributed by atoms with Gasteiger partial charge < -0.3 is 4.74 Å². The van der Waals surface area contributed by atoms with E-state index in [0.717, 1.165) is 0 Å². The highest BCUT2D eigenvalue weighted by Gasteiger charge is 2.34. The minimum Gasteiger partial charge on any atom is -0.425 e. The summed E-state index contributed by atoms with van der Waals surface area (Å²) in [5.41, 5.74) is 2.04. The van der Waals surface area contributed by atoms with Crippen molar-refractivity contribution in [3.63, 3.8) is 0 Å². The van der Waals surface area contributed by atoms with Gasteiger partial charge in [0, 0.05) is 17.0 Å². The summed E-state index contributed by atoms with van der Waals surface area (Å²) in [5.74, 6) is -1.15. The molecular weight excluding hydrogens is 369 g/mol. The Bertz CT molecular complexity index is 1310. The highest BCUT2D eigenvalue weighted by atomic mass is 19.1. The fourth-order valence-corrected chi connectivity index (χ4v) is 4.02. The fraction of sp³-hybridized carbons (Fsp3) is 0.0833. The Balaban J connectivity index is 1.89. The van der Waals surface area contributed by atoms with Crippen molar-refractivity contribution >= 4 is 16.9 Å². The van der Waals surface area contributed by atoms with Gasteiger partial charge in [0.25, 0.3) is 5.56 Å². The summed E-state index contributed by atoms with van der Waals surface area (Å²) in [7, 11) is 0. The quantitative estimate of drug-likeness (QED) is 0.475. The molecule has 0 radical (unpaired) electrons. The van der Waals surface area contributed by atoms with Crippen LogP contribution in [0, 0.1) is 5.82 Å². The molecule has 29 heavy (non-hydrogen) atoms. The highest BCUT2D eigenvalue weighted by molar-refractivity contribution is 5.92. The van der Waals surface area contributed by atoms with Gasteiger partial charge in [-0.15, -0.1) is 0 Å². The van der Waals surface area contributed by atoms with Crippen LogP contribution >= 0.6 is 0 Å². The molecule has 3 aromatic carbocycles. The lowest BCUT2D eigenvalue weighted by Gasteiger charge is -2.27. The van der Waals surface area contributed by atoms with Crippen molar-refractivity contribution in [2.75, 3.05) is 0 Å². The van der Waals surface area contributed by atoms with Crippen LogP contribution in [0.3, 0.4) is 0 Å². The van der Waals surface area contributed by atoms with Crippen molar-refractivity contribution in [3.05, 3.63) is 106 Å². The molecule has 0 saturated heterocycles. The lowest BCUT2D eigenvalue weighted by molar-refractivity contribution is -0.135. The third-order valence-corrected chi connectivity index (χ3v) is 5.27. The number of nitrogens with zero attached hydrogens (tertiary/aromatic N) is 1. The minimum atomic E-state index is -0.575. The predicted molar refractivity (Wildman–Crippen MR) is 108 cm³/mol. The van der Waals surface area contributed by atoms with Crippen LogP contribution in [-0.2, 0) is 4.79 Å². The number of para-hydroxylation sites is 2. The highest BCUT2D eigenvalue weighted by Crippen LogP contribution is 2.41. The Morgan fingerprint density at radius 2 is 1.66 bits per heavy atom. The minimum absolute atomic E-state index is 0.0151. The van der Waals surface area contributed by atoms with E-state index in [1.165, 1.54) is 12.1 Å². The molecule has 0 N–H and O–H groups in total. The van der Waals surface area contributed by atoms with E-state index in [1.807, 2.05) is 54.6 Å². The molecule has 1 unspecified atom stereocenters. The number of hydrogen-bond acceptors (Lipinski definition) is 3. The van der Waals surface area contributed by atoms with Crippen LogP contribution in [0.25, 0.3) is 16.6 Å². The molecule has 1 aromatic heterocycles. The van der Waals surface area contributed by atoms with Gasteiger partial charge in [-0.25, -0.2) is 4.39 Å². The van der Waals surface area contributed by atoms with E-state index in [4.69, 9.17) is 4.74 Å². The third kappa shape index (κ3) is 2.83. The zero-order chi connectivity index (χ0) is 20.0. The predicted octanol–water partition coefficient (Wildman–Crippen LogP) is 4.57. The number of halogens is 1. The Labute approximate surface area is 165 Å². The molecule has 0 saturated carbocycles. The maximum Gasteiger partial charge on any atom is 0.312 e. The fourth-order valence-electron chi connectivity index (χ4n) is 4.02. The molecule has 0 aliphatic carbocycles. The number of aromatic nitrogens is 1. The van der Waals surface area contributed by atoms with Crippen LogP contribution in [0.4, 0.5) is 4.39 Å². The van der Waals surface area contributed by atoms with Gasteiger partial charge in [-0.05, 0) is 42.0 Å². The third-order valence-electron chi connectivity index (χ3n) is 5.27. The Morgan fingerprint density at radius 3 is 2.45 bits per heavy atom. The van der Waals surface area contributed by atoms with E-state index < -0.39 is 17.7 Å². The van der Waals surface area contributed by atoms with Gasteiger partial charge >= 0.3 is 5.97 Å². The monoisotopic (exact) mass is 385 g/mol. The van der Waals surface area contributed by atoms with Gasteiger partial charge in [0.15, 0.2) is 0 Å². The summed E-state index contributed by atoms with van der Waals surface area (Å²) in [6.07, 6.45) is -0.0151. The van der Waals surface area contributed by atoms with Crippen LogP contribution in [0.5, 0.6) is 5.75 Å². The first-order valence-corrected chi connectivity index (χ1v) is 9.32. The number of hydrogen-bond donors (Lipinski definition) is 0. The Hall–Kier alpha value is -3.73. The number of fused-ring (bicyclic) bond motifs is 3. The molecule has 142 valence electrons. The van der Waals surface area contributed by atoms with E-state index in [-0.39, 0.29) is 17.7 Å². The Morgan fingerprint density at radius 1 is 0.897 bits per heavy atom. The smallest absolute Gasteiger partial charge is 0.312 e. The lowest BCUT2D eigenvalue weighted by atomic mass is 9.86. The molecule has 4 nitrogen and oxygen atoms in total. The molecule has 0 bridgehead atoms. The normalized spacial score (nSPS) is 15.8. The number of esters is 1. The van der Waals surface area contributed by atoms with Crippen LogP contribution in [0.2, 0.25) is 0 Å². The van der Waals surface area contributed by atoms with Crippen molar-refractivity contribution < 1.29 is 13.9 Å².